The van der Waals surface area contributed by atoms with E-state index in [1.54, 1.807) is 7.11 Å². The van der Waals surface area contributed by atoms with Crippen LogP contribution >= 0.6 is 0 Å². The molecule has 2 saturated carbocycles. The first-order chi connectivity index (χ1) is 12.9. The number of aryl methyl sites for hydroxylation is 1. The number of nitrogens with one attached hydrogen (secondary N) is 1. The van der Waals surface area contributed by atoms with Crippen molar-refractivity contribution in [2.45, 2.75) is 57.4 Å². The molecule has 0 aliphatic heterocycles. The monoisotopic (exact) mass is 372 g/mol. The zero-order valence-electron chi connectivity index (χ0n) is 17.4. The van der Waals surface area contributed by atoms with Gasteiger partial charge in [-0.1, -0.05) is 6.92 Å². The van der Waals surface area contributed by atoms with Crippen LogP contribution < -0.4 is 10.1 Å². The van der Waals surface area contributed by atoms with Gasteiger partial charge in [-0.3, -0.25) is 0 Å². The Kier molecular flexibility index (Phi) is 5.15. The van der Waals surface area contributed by atoms with Crippen molar-refractivity contribution in [3.63, 3.8) is 0 Å². The third-order valence-electron chi connectivity index (χ3n) is 7.97. The van der Waals surface area contributed by atoms with Gasteiger partial charge < -0.3 is 20.1 Å². The van der Waals surface area contributed by atoms with Crippen molar-refractivity contribution in [2.24, 2.45) is 17.3 Å². The molecule has 3 aliphatic rings. The van der Waals surface area contributed by atoms with Gasteiger partial charge in [-0.25, -0.2) is 0 Å². The Morgan fingerprint density at radius 3 is 2.78 bits per heavy atom. The molecular weight excluding hydrogens is 336 g/mol. The van der Waals surface area contributed by atoms with Gasteiger partial charge in [0.2, 0.25) is 0 Å². The molecule has 0 saturated heterocycles. The highest BCUT2D eigenvalue weighted by Gasteiger charge is 2.54. The third kappa shape index (κ3) is 3.25. The molecule has 4 heteroatoms. The topological polar surface area (TPSA) is 44.7 Å². The minimum absolute atomic E-state index is 0.293. The number of hydrogen-bond donors (Lipinski definition) is 2. The predicted octanol–water partition coefficient (Wildman–Crippen LogP) is 3.78. The van der Waals surface area contributed by atoms with Crippen molar-refractivity contribution < 1.29 is 9.84 Å². The lowest BCUT2D eigenvalue weighted by Gasteiger charge is -2.51. The lowest BCUT2D eigenvalue weighted by molar-refractivity contribution is 0.0409. The summed E-state index contributed by atoms with van der Waals surface area (Å²) in [6.45, 7) is 4.76. The molecule has 0 amide bonds. The normalized spacial score (nSPS) is 34.9. The first kappa shape index (κ1) is 19.1. The van der Waals surface area contributed by atoms with Crippen molar-refractivity contribution in [1.29, 1.82) is 0 Å². The Hall–Kier alpha value is -1.26. The van der Waals surface area contributed by atoms with Crippen molar-refractivity contribution in [1.82, 2.24) is 10.2 Å². The van der Waals surface area contributed by atoms with Crippen molar-refractivity contribution >= 4 is 0 Å². The van der Waals surface area contributed by atoms with E-state index in [0.717, 1.165) is 31.3 Å². The molecule has 1 aromatic carbocycles. The van der Waals surface area contributed by atoms with Gasteiger partial charge in [-0.15, -0.1) is 0 Å². The van der Waals surface area contributed by atoms with E-state index in [0.29, 0.717) is 28.9 Å². The van der Waals surface area contributed by atoms with Crippen LogP contribution in [0.25, 0.3) is 0 Å². The fourth-order valence-corrected chi connectivity index (χ4v) is 6.55. The summed E-state index contributed by atoms with van der Waals surface area (Å²) in [6, 6.07) is 4.75. The Balaban J connectivity index is 1.54. The molecule has 2 N–H and O–H groups in total. The molecule has 27 heavy (non-hydrogen) atoms. The zero-order chi connectivity index (χ0) is 19.2. The number of fused-ring (bicyclic) bond motifs is 5. The summed E-state index contributed by atoms with van der Waals surface area (Å²) < 4.78 is 5.41. The van der Waals surface area contributed by atoms with Crippen LogP contribution in [0.4, 0.5) is 0 Å². The van der Waals surface area contributed by atoms with E-state index in [1.807, 2.05) is 6.07 Å². The molecule has 4 rings (SSSR count). The van der Waals surface area contributed by atoms with Gasteiger partial charge >= 0.3 is 0 Å². The quantitative estimate of drug-likeness (QED) is 0.826. The minimum Gasteiger partial charge on any atom is -0.504 e. The number of phenols is 1. The maximum Gasteiger partial charge on any atom is 0.160 e. The van der Waals surface area contributed by atoms with E-state index >= 15 is 0 Å². The Morgan fingerprint density at radius 1 is 1.22 bits per heavy atom. The molecule has 2 fully saturated rings. The van der Waals surface area contributed by atoms with Crippen LogP contribution in [0.1, 0.15) is 56.1 Å². The third-order valence-corrected chi connectivity index (χ3v) is 7.97. The number of aromatic hydroxyl groups is 1. The number of nitrogens with zero attached hydrogens (tertiary/aromatic N) is 1. The van der Waals surface area contributed by atoms with Gasteiger partial charge in [0.15, 0.2) is 11.5 Å². The summed E-state index contributed by atoms with van der Waals surface area (Å²) in [5.74, 6) is 3.17. The molecule has 0 heterocycles. The standard InChI is InChI=1S/C23H36N2O2/c1-23-10-9-16-17(19(23)7-8-22(23)24-11-12-25(2)3)6-5-15-13-20(26)21(27-4)14-18(15)16/h13-14,16-17,19,22,24,26H,5-12H2,1-4H3. The lowest BCUT2D eigenvalue weighted by atomic mass is 9.55. The first-order valence-corrected chi connectivity index (χ1v) is 10.7. The van der Waals surface area contributed by atoms with Crippen molar-refractivity contribution in [3.05, 3.63) is 23.3 Å². The summed E-state index contributed by atoms with van der Waals surface area (Å²) in [4.78, 5) is 2.26. The molecule has 0 bridgehead atoms. The fourth-order valence-electron chi connectivity index (χ4n) is 6.55. The fraction of sp³-hybridized carbons (Fsp3) is 0.739. The van der Waals surface area contributed by atoms with Gasteiger partial charge in [-0.2, -0.15) is 0 Å². The van der Waals surface area contributed by atoms with Crippen LogP contribution in [-0.4, -0.2) is 50.3 Å². The van der Waals surface area contributed by atoms with Gasteiger partial charge in [0.25, 0.3) is 0 Å². The summed E-state index contributed by atoms with van der Waals surface area (Å²) in [7, 11) is 5.95. The van der Waals surface area contributed by atoms with Gasteiger partial charge in [0.05, 0.1) is 7.11 Å². The molecule has 3 aliphatic carbocycles. The number of rotatable bonds is 5. The zero-order valence-corrected chi connectivity index (χ0v) is 17.4. The summed E-state index contributed by atoms with van der Waals surface area (Å²) in [5.41, 5.74) is 3.23. The highest BCUT2D eigenvalue weighted by atomic mass is 16.5. The molecule has 150 valence electrons. The summed E-state index contributed by atoms with van der Waals surface area (Å²) in [6.07, 6.45) is 7.63. The van der Waals surface area contributed by atoms with Crippen molar-refractivity contribution in [3.8, 4) is 11.5 Å². The van der Waals surface area contributed by atoms with E-state index in [4.69, 9.17) is 4.74 Å². The lowest BCUT2D eigenvalue weighted by Crippen LogP contribution is -2.49. The predicted molar refractivity (Wildman–Crippen MR) is 110 cm³/mol. The highest BCUT2D eigenvalue weighted by molar-refractivity contribution is 5.49. The second-order valence-electron chi connectivity index (χ2n) is 9.57. The van der Waals surface area contributed by atoms with E-state index in [2.05, 4.69) is 37.3 Å². The molecule has 0 radical (unpaired) electrons. The molecule has 5 atom stereocenters. The molecule has 5 unspecified atom stereocenters. The van der Waals surface area contributed by atoms with Gasteiger partial charge in [0.1, 0.15) is 0 Å². The maximum atomic E-state index is 10.2. The number of hydrogen-bond acceptors (Lipinski definition) is 4. The Bertz CT molecular complexity index is 689. The molecular formula is C23H36N2O2. The number of phenolic OH excluding ortho intramolecular Hbond substituents is 1. The number of methoxy groups -OCH3 is 1. The largest absolute Gasteiger partial charge is 0.504 e. The molecule has 4 nitrogen and oxygen atoms in total. The number of ether oxygens (including phenoxy) is 1. The number of likely N-dealkylation sites (N-methyl/N-ethyl adjacent to an activating group) is 1. The van der Waals surface area contributed by atoms with E-state index in [-0.39, 0.29) is 0 Å². The van der Waals surface area contributed by atoms with Crippen LogP contribution in [0.5, 0.6) is 11.5 Å². The number of benzene rings is 1. The van der Waals surface area contributed by atoms with Gasteiger partial charge in [0, 0.05) is 19.1 Å². The maximum absolute atomic E-state index is 10.2. The average molecular weight is 373 g/mol. The van der Waals surface area contributed by atoms with Crippen LogP contribution in [0, 0.1) is 17.3 Å². The summed E-state index contributed by atoms with van der Waals surface area (Å²) >= 11 is 0. The van der Waals surface area contributed by atoms with Gasteiger partial charge in [-0.05, 0) is 99.0 Å². The average Bonchev–Trinajstić information content (AvgIpc) is 2.97. The van der Waals surface area contributed by atoms with E-state index < -0.39 is 0 Å². The molecule has 0 aromatic heterocycles. The van der Waals surface area contributed by atoms with Crippen LogP contribution in [0.3, 0.4) is 0 Å². The van der Waals surface area contributed by atoms with Crippen molar-refractivity contribution in [2.75, 3.05) is 34.3 Å². The van der Waals surface area contributed by atoms with E-state index in [1.165, 1.54) is 43.2 Å². The second kappa shape index (κ2) is 7.29. The molecule has 1 aromatic rings. The van der Waals surface area contributed by atoms with E-state index in [9.17, 15) is 5.11 Å². The smallest absolute Gasteiger partial charge is 0.160 e. The van der Waals surface area contributed by atoms with Crippen LogP contribution in [0.2, 0.25) is 0 Å². The van der Waals surface area contributed by atoms with Crippen LogP contribution in [0.15, 0.2) is 12.1 Å². The summed E-state index contributed by atoms with van der Waals surface area (Å²) in [5, 5.41) is 14.1. The van der Waals surface area contributed by atoms with Crippen LogP contribution in [-0.2, 0) is 6.42 Å². The SMILES string of the molecule is COc1cc2c(cc1O)CCC1C2CCC2(C)C(NCCN(C)C)CCC12. The molecule has 0 spiro atoms. The minimum atomic E-state index is 0.293. The second-order valence-corrected chi connectivity index (χ2v) is 9.57. The Labute approximate surface area is 164 Å². The first-order valence-electron chi connectivity index (χ1n) is 10.7. The Morgan fingerprint density at radius 2 is 2.04 bits per heavy atom. The highest BCUT2D eigenvalue weighted by Crippen LogP contribution is 2.61.